The quantitative estimate of drug-likeness (QED) is 0.911. The summed E-state index contributed by atoms with van der Waals surface area (Å²) in [6.07, 6.45) is -0.823. The molecule has 3 rings (SSSR count). The Labute approximate surface area is 141 Å². The van der Waals surface area contributed by atoms with Crippen LogP contribution in [0.3, 0.4) is 0 Å². The zero-order chi connectivity index (χ0) is 17.4. The Morgan fingerprint density at radius 2 is 1.79 bits per heavy atom. The third kappa shape index (κ3) is 3.92. The highest BCUT2D eigenvalue weighted by atomic mass is 19.4. The number of hydrogen-bond acceptors (Lipinski definition) is 3. The zero-order valence-electron chi connectivity index (χ0n) is 14.0. The topological polar surface area (TPSA) is 26.7 Å². The van der Waals surface area contributed by atoms with Crippen LogP contribution in [0.25, 0.3) is 0 Å². The SMILES string of the molecule is C[C@@](O)(CN1CC[C@@H](N2CCCC2)C1)c1cccc(C(F)(F)F)c1. The lowest BCUT2D eigenvalue weighted by atomic mass is 9.93. The Kier molecular flexibility index (Phi) is 4.91. The molecule has 1 N–H and O–H groups in total. The summed E-state index contributed by atoms with van der Waals surface area (Å²) in [4.78, 5) is 4.67. The molecule has 0 bridgehead atoms. The number of benzene rings is 1. The monoisotopic (exact) mass is 342 g/mol. The first-order chi connectivity index (χ1) is 11.3. The first-order valence-corrected chi connectivity index (χ1v) is 8.62. The van der Waals surface area contributed by atoms with Gasteiger partial charge in [-0.1, -0.05) is 12.1 Å². The minimum atomic E-state index is -4.39. The lowest BCUT2D eigenvalue weighted by molar-refractivity contribution is -0.137. The minimum absolute atomic E-state index is 0.321. The van der Waals surface area contributed by atoms with Crippen LogP contribution in [0.1, 0.15) is 37.3 Å². The van der Waals surface area contributed by atoms with Crippen molar-refractivity contribution in [3.63, 3.8) is 0 Å². The minimum Gasteiger partial charge on any atom is -0.384 e. The van der Waals surface area contributed by atoms with E-state index in [2.05, 4.69) is 9.80 Å². The van der Waals surface area contributed by atoms with Crippen LogP contribution in [0.4, 0.5) is 13.2 Å². The Bertz CT molecular complexity index is 568. The molecule has 0 unspecified atom stereocenters. The second-order valence-electron chi connectivity index (χ2n) is 7.27. The van der Waals surface area contributed by atoms with E-state index < -0.39 is 17.3 Å². The second kappa shape index (κ2) is 6.65. The smallest absolute Gasteiger partial charge is 0.384 e. The molecular formula is C18H25F3N2O. The number of aliphatic hydroxyl groups is 1. The van der Waals surface area contributed by atoms with Crippen molar-refractivity contribution in [2.24, 2.45) is 0 Å². The fraction of sp³-hybridized carbons (Fsp3) is 0.667. The molecule has 1 aromatic carbocycles. The fourth-order valence-electron chi connectivity index (χ4n) is 3.92. The van der Waals surface area contributed by atoms with Gasteiger partial charge < -0.3 is 5.11 Å². The van der Waals surface area contributed by atoms with Crippen molar-refractivity contribution in [2.45, 2.75) is 44.0 Å². The molecule has 0 aliphatic carbocycles. The van der Waals surface area contributed by atoms with Crippen molar-refractivity contribution in [1.29, 1.82) is 0 Å². The largest absolute Gasteiger partial charge is 0.416 e. The van der Waals surface area contributed by atoms with Crippen LogP contribution in [0.5, 0.6) is 0 Å². The first-order valence-electron chi connectivity index (χ1n) is 8.62. The van der Waals surface area contributed by atoms with Crippen LogP contribution >= 0.6 is 0 Å². The van der Waals surface area contributed by atoms with Gasteiger partial charge in [-0.15, -0.1) is 0 Å². The molecule has 134 valence electrons. The van der Waals surface area contributed by atoms with Gasteiger partial charge in [-0.3, -0.25) is 9.80 Å². The molecule has 2 atom stereocenters. The van der Waals surface area contributed by atoms with E-state index in [1.807, 2.05) is 0 Å². The number of β-amino-alcohol motifs (C(OH)–C–C–N with tert-alkyl or cyclic N) is 1. The summed E-state index contributed by atoms with van der Waals surface area (Å²) >= 11 is 0. The van der Waals surface area contributed by atoms with Gasteiger partial charge >= 0.3 is 6.18 Å². The summed E-state index contributed by atoms with van der Waals surface area (Å²) < 4.78 is 38.7. The van der Waals surface area contributed by atoms with Gasteiger partial charge in [-0.05, 0) is 63.5 Å². The van der Waals surface area contributed by atoms with Crippen LogP contribution in [-0.4, -0.2) is 53.7 Å². The molecule has 3 nitrogen and oxygen atoms in total. The van der Waals surface area contributed by atoms with Gasteiger partial charge in [0.15, 0.2) is 0 Å². The molecule has 0 aromatic heterocycles. The Morgan fingerprint density at radius 1 is 1.12 bits per heavy atom. The van der Waals surface area contributed by atoms with Crippen molar-refractivity contribution < 1.29 is 18.3 Å². The summed E-state index contributed by atoms with van der Waals surface area (Å²) in [7, 11) is 0. The Morgan fingerprint density at radius 3 is 2.46 bits per heavy atom. The van der Waals surface area contributed by atoms with E-state index in [-0.39, 0.29) is 0 Å². The van der Waals surface area contributed by atoms with Crippen LogP contribution in [-0.2, 0) is 11.8 Å². The number of likely N-dealkylation sites (tertiary alicyclic amines) is 2. The lowest BCUT2D eigenvalue weighted by Crippen LogP contribution is -2.40. The van der Waals surface area contributed by atoms with Crippen LogP contribution in [0.15, 0.2) is 24.3 Å². The third-order valence-electron chi connectivity index (χ3n) is 5.25. The van der Waals surface area contributed by atoms with Gasteiger partial charge in [-0.25, -0.2) is 0 Å². The van der Waals surface area contributed by atoms with Crippen molar-refractivity contribution in [2.75, 3.05) is 32.7 Å². The van der Waals surface area contributed by atoms with E-state index >= 15 is 0 Å². The fourth-order valence-corrected chi connectivity index (χ4v) is 3.92. The second-order valence-corrected chi connectivity index (χ2v) is 7.27. The molecule has 6 heteroatoms. The summed E-state index contributed by atoms with van der Waals surface area (Å²) in [5.74, 6) is 0. The molecule has 2 heterocycles. The predicted octanol–water partition coefficient (Wildman–Crippen LogP) is 3.08. The van der Waals surface area contributed by atoms with Crippen molar-refractivity contribution in [3.8, 4) is 0 Å². The van der Waals surface area contributed by atoms with Crippen molar-refractivity contribution >= 4 is 0 Å². The number of halogens is 3. The Balaban J connectivity index is 1.66. The summed E-state index contributed by atoms with van der Waals surface area (Å²) in [6.45, 7) is 6.01. The van der Waals surface area contributed by atoms with Gasteiger partial charge in [0.1, 0.15) is 0 Å². The molecule has 0 amide bonds. The van der Waals surface area contributed by atoms with Crippen LogP contribution in [0.2, 0.25) is 0 Å². The molecule has 2 aliphatic rings. The summed E-state index contributed by atoms with van der Waals surface area (Å²) in [6, 6.07) is 5.56. The predicted molar refractivity (Wildman–Crippen MR) is 86.7 cm³/mol. The van der Waals surface area contributed by atoms with E-state index in [1.54, 1.807) is 13.0 Å². The third-order valence-corrected chi connectivity index (χ3v) is 5.25. The average molecular weight is 342 g/mol. The molecule has 24 heavy (non-hydrogen) atoms. The molecular weight excluding hydrogens is 317 g/mol. The highest BCUT2D eigenvalue weighted by molar-refractivity contribution is 5.30. The first kappa shape index (κ1) is 17.7. The van der Waals surface area contributed by atoms with E-state index in [1.165, 1.54) is 18.9 Å². The van der Waals surface area contributed by atoms with E-state index in [9.17, 15) is 18.3 Å². The van der Waals surface area contributed by atoms with Crippen LogP contribution < -0.4 is 0 Å². The van der Waals surface area contributed by atoms with Gasteiger partial charge in [0.05, 0.1) is 11.2 Å². The summed E-state index contributed by atoms with van der Waals surface area (Å²) in [5.41, 5.74) is -1.68. The number of nitrogens with zero attached hydrogens (tertiary/aromatic N) is 2. The van der Waals surface area contributed by atoms with E-state index in [0.29, 0.717) is 18.2 Å². The molecule has 0 saturated carbocycles. The standard InChI is InChI=1S/C18H25F3N2O/c1-17(24,14-5-4-6-15(11-14)18(19,20)21)13-22-10-7-16(12-22)23-8-2-3-9-23/h4-6,11,16,24H,2-3,7-10,12-13H2,1H3/t16-,17-/m1/s1. The zero-order valence-corrected chi connectivity index (χ0v) is 14.0. The van der Waals surface area contributed by atoms with Crippen LogP contribution in [0, 0.1) is 0 Å². The lowest BCUT2D eigenvalue weighted by Gasteiger charge is -2.30. The molecule has 2 fully saturated rings. The van der Waals surface area contributed by atoms with Gasteiger partial charge in [0.25, 0.3) is 0 Å². The highest BCUT2D eigenvalue weighted by Gasteiger charge is 2.36. The Hall–Kier alpha value is -1.11. The normalized spacial score (nSPS) is 26.0. The van der Waals surface area contributed by atoms with Crippen molar-refractivity contribution in [3.05, 3.63) is 35.4 Å². The average Bonchev–Trinajstić information content (AvgIpc) is 3.17. The molecule has 1 aromatic rings. The van der Waals surface area contributed by atoms with E-state index in [0.717, 1.165) is 44.7 Å². The maximum atomic E-state index is 12.9. The molecule has 2 aliphatic heterocycles. The molecule has 2 saturated heterocycles. The van der Waals surface area contributed by atoms with Gasteiger partial charge in [0, 0.05) is 19.1 Å². The highest BCUT2D eigenvalue weighted by Crippen LogP contribution is 2.33. The van der Waals surface area contributed by atoms with Crippen molar-refractivity contribution in [1.82, 2.24) is 9.80 Å². The molecule has 0 spiro atoms. The van der Waals surface area contributed by atoms with Gasteiger partial charge in [-0.2, -0.15) is 13.2 Å². The summed E-state index contributed by atoms with van der Waals surface area (Å²) in [5, 5.41) is 10.8. The molecule has 0 radical (unpaired) electrons. The number of hydrogen-bond donors (Lipinski definition) is 1. The van der Waals surface area contributed by atoms with E-state index in [4.69, 9.17) is 0 Å². The number of alkyl halides is 3. The maximum Gasteiger partial charge on any atom is 0.416 e. The maximum absolute atomic E-state index is 12.9. The van der Waals surface area contributed by atoms with Gasteiger partial charge in [0.2, 0.25) is 0 Å². The number of rotatable bonds is 4.